The number of para-hydroxylation sites is 2. The van der Waals surface area contributed by atoms with Crippen molar-refractivity contribution in [2.45, 2.75) is 33.2 Å². The second-order valence-electron chi connectivity index (χ2n) is 8.17. The van der Waals surface area contributed by atoms with Gasteiger partial charge in [-0.15, -0.1) is 0 Å². The standard InChI is InChI=1S/C24H26FN5O/c1-14(2)22(24-26-19-7-5-6-8-20(19)30(24)4)27-21(31)13-18-15(3)28-29-23(18)16-9-11-17(25)12-10-16/h5-12,14,22H,13H2,1-4H3,(H,27,31)(H,28,29). The van der Waals surface area contributed by atoms with Crippen molar-refractivity contribution in [3.8, 4) is 11.3 Å². The second-order valence-corrected chi connectivity index (χ2v) is 8.17. The Morgan fingerprint density at radius 3 is 2.55 bits per heavy atom. The van der Waals surface area contributed by atoms with E-state index in [-0.39, 0.29) is 30.1 Å². The van der Waals surface area contributed by atoms with Crippen molar-refractivity contribution < 1.29 is 9.18 Å². The van der Waals surface area contributed by atoms with Gasteiger partial charge in [-0.1, -0.05) is 26.0 Å². The van der Waals surface area contributed by atoms with Crippen molar-refractivity contribution >= 4 is 16.9 Å². The number of H-pyrrole nitrogens is 1. The topological polar surface area (TPSA) is 75.6 Å². The lowest BCUT2D eigenvalue weighted by molar-refractivity contribution is -0.121. The van der Waals surface area contributed by atoms with E-state index in [9.17, 15) is 9.18 Å². The van der Waals surface area contributed by atoms with E-state index in [2.05, 4.69) is 29.4 Å². The van der Waals surface area contributed by atoms with Gasteiger partial charge >= 0.3 is 0 Å². The summed E-state index contributed by atoms with van der Waals surface area (Å²) < 4.78 is 15.3. The number of rotatable bonds is 6. The van der Waals surface area contributed by atoms with E-state index in [4.69, 9.17) is 4.98 Å². The van der Waals surface area contributed by atoms with Gasteiger partial charge in [0.1, 0.15) is 11.6 Å². The van der Waals surface area contributed by atoms with Gasteiger partial charge in [-0.25, -0.2) is 9.37 Å². The highest BCUT2D eigenvalue weighted by atomic mass is 19.1. The third-order valence-corrected chi connectivity index (χ3v) is 5.61. The van der Waals surface area contributed by atoms with Crippen LogP contribution in [0.4, 0.5) is 4.39 Å². The Labute approximate surface area is 180 Å². The highest BCUT2D eigenvalue weighted by Gasteiger charge is 2.25. The average Bonchev–Trinajstić information content (AvgIpc) is 3.27. The molecule has 1 amide bonds. The minimum absolute atomic E-state index is 0.112. The minimum atomic E-state index is -0.308. The molecular weight excluding hydrogens is 393 g/mol. The zero-order valence-corrected chi connectivity index (χ0v) is 18.1. The minimum Gasteiger partial charge on any atom is -0.346 e. The zero-order chi connectivity index (χ0) is 22.1. The largest absolute Gasteiger partial charge is 0.346 e. The van der Waals surface area contributed by atoms with E-state index in [1.807, 2.05) is 42.8 Å². The number of hydrogen-bond donors (Lipinski definition) is 2. The Bertz CT molecular complexity index is 1220. The molecule has 4 rings (SSSR count). The molecule has 4 aromatic rings. The molecule has 0 radical (unpaired) electrons. The zero-order valence-electron chi connectivity index (χ0n) is 18.1. The number of aromatic nitrogens is 4. The Morgan fingerprint density at radius 1 is 1.16 bits per heavy atom. The van der Waals surface area contributed by atoms with Crippen molar-refractivity contribution in [3.05, 3.63) is 71.4 Å². The van der Waals surface area contributed by atoms with Crippen LogP contribution in [0.15, 0.2) is 48.5 Å². The SMILES string of the molecule is Cc1[nH]nc(-c2ccc(F)cc2)c1CC(=O)NC(c1nc2ccccc2n1C)C(C)C. The van der Waals surface area contributed by atoms with E-state index >= 15 is 0 Å². The number of halogens is 1. The van der Waals surface area contributed by atoms with Crippen molar-refractivity contribution in [2.24, 2.45) is 13.0 Å². The molecule has 0 saturated carbocycles. The number of nitrogens with zero attached hydrogens (tertiary/aromatic N) is 3. The van der Waals surface area contributed by atoms with Gasteiger partial charge in [-0.3, -0.25) is 9.89 Å². The van der Waals surface area contributed by atoms with Gasteiger partial charge in [0.15, 0.2) is 0 Å². The molecule has 2 aromatic carbocycles. The molecule has 6 nitrogen and oxygen atoms in total. The lowest BCUT2D eigenvalue weighted by atomic mass is 10.0. The molecule has 31 heavy (non-hydrogen) atoms. The lowest BCUT2D eigenvalue weighted by Crippen LogP contribution is -2.34. The fourth-order valence-corrected chi connectivity index (χ4v) is 3.87. The highest BCUT2D eigenvalue weighted by Crippen LogP contribution is 2.27. The fourth-order valence-electron chi connectivity index (χ4n) is 3.87. The monoisotopic (exact) mass is 419 g/mol. The van der Waals surface area contributed by atoms with E-state index in [1.54, 1.807) is 12.1 Å². The van der Waals surface area contributed by atoms with Crippen LogP contribution in [0.2, 0.25) is 0 Å². The van der Waals surface area contributed by atoms with Crippen molar-refractivity contribution in [1.82, 2.24) is 25.1 Å². The summed E-state index contributed by atoms with van der Waals surface area (Å²) in [5.74, 6) is 0.560. The van der Waals surface area contributed by atoms with Crippen LogP contribution in [0.1, 0.15) is 37.0 Å². The molecule has 0 fully saturated rings. The van der Waals surface area contributed by atoms with Gasteiger partial charge in [0.25, 0.3) is 0 Å². The van der Waals surface area contributed by atoms with Crippen molar-refractivity contribution in [1.29, 1.82) is 0 Å². The summed E-state index contributed by atoms with van der Waals surface area (Å²) in [5.41, 5.74) is 4.99. The number of hydrogen-bond acceptors (Lipinski definition) is 3. The molecule has 0 spiro atoms. The summed E-state index contributed by atoms with van der Waals surface area (Å²) in [6, 6.07) is 13.8. The van der Waals surface area contributed by atoms with E-state index in [0.717, 1.165) is 33.7 Å². The van der Waals surface area contributed by atoms with Crippen LogP contribution in [0.3, 0.4) is 0 Å². The molecule has 0 aliphatic rings. The number of imidazole rings is 1. The van der Waals surface area contributed by atoms with Crippen LogP contribution in [0, 0.1) is 18.7 Å². The predicted octanol–water partition coefficient (Wildman–Crippen LogP) is 4.47. The first-order valence-electron chi connectivity index (χ1n) is 10.4. The third kappa shape index (κ3) is 4.08. The Hall–Kier alpha value is -3.48. The molecule has 0 bridgehead atoms. The van der Waals surface area contributed by atoms with E-state index < -0.39 is 0 Å². The van der Waals surface area contributed by atoms with Crippen molar-refractivity contribution in [2.75, 3.05) is 0 Å². The van der Waals surface area contributed by atoms with Gasteiger partial charge in [-0.2, -0.15) is 5.10 Å². The molecular formula is C24H26FN5O. The maximum Gasteiger partial charge on any atom is 0.225 e. The normalized spacial score (nSPS) is 12.5. The number of benzene rings is 2. The predicted molar refractivity (Wildman–Crippen MR) is 119 cm³/mol. The molecule has 7 heteroatoms. The molecule has 2 aromatic heterocycles. The smallest absolute Gasteiger partial charge is 0.225 e. The first kappa shape index (κ1) is 20.8. The Morgan fingerprint density at radius 2 is 1.87 bits per heavy atom. The van der Waals surface area contributed by atoms with Crippen LogP contribution in [0.5, 0.6) is 0 Å². The first-order chi connectivity index (χ1) is 14.8. The van der Waals surface area contributed by atoms with Gasteiger partial charge in [0.05, 0.1) is 29.2 Å². The third-order valence-electron chi connectivity index (χ3n) is 5.61. The summed E-state index contributed by atoms with van der Waals surface area (Å²) in [4.78, 5) is 17.8. The number of nitrogens with one attached hydrogen (secondary N) is 2. The number of fused-ring (bicyclic) bond motifs is 1. The maximum atomic E-state index is 13.3. The lowest BCUT2D eigenvalue weighted by Gasteiger charge is -2.22. The Balaban J connectivity index is 1.59. The number of carbonyl (C=O) groups excluding carboxylic acids is 1. The summed E-state index contributed by atoms with van der Waals surface area (Å²) >= 11 is 0. The average molecular weight is 420 g/mol. The van der Waals surface area contributed by atoms with Crippen LogP contribution in [-0.2, 0) is 18.3 Å². The maximum absolute atomic E-state index is 13.3. The molecule has 0 aliphatic carbocycles. The molecule has 1 atom stereocenters. The molecule has 2 heterocycles. The molecule has 160 valence electrons. The van der Waals surface area contributed by atoms with E-state index in [0.29, 0.717) is 5.69 Å². The van der Waals surface area contributed by atoms with Gasteiger partial charge in [0, 0.05) is 23.9 Å². The summed E-state index contributed by atoms with van der Waals surface area (Å²) in [5, 5.41) is 10.5. The number of amides is 1. The number of aromatic amines is 1. The fraction of sp³-hybridized carbons (Fsp3) is 0.292. The number of carbonyl (C=O) groups is 1. The first-order valence-corrected chi connectivity index (χ1v) is 10.4. The van der Waals surface area contributed by atoms with Crippen LogP contribution < -0.4 is 5.32 Å². The van der Waals surface area contributed by atoms with E-state index in [1.165, 1.54) is 12.1 Å². The van der Waals surface area contributed by atoms with Crippen LogP contribution in [0.25, 0.3) is 22.3 Å². The summed E-state index contributed by atoms with van der Waals surface area (Å²) in [7, 11) is 1.97. The summed E-state index contributed by atoms with van der Waals surface area (Å²) in [6.45, 7) is 6.02. The molecule has 0 saturated heterocycles. The molecule has 0 aliphatic heterocycles. The van der Waals surface area contributed by atoms with Crippen LogP contribution in [-0.4, -0.2) is 25.7 Å². The second kappa shape index (κ2) is 8.34. The quantitative estimate of drug-likeness (QED) is 0.484. The van der Waals surface area contributed by atoms with Gasteiger partial charge in [-0.05, 0) is 49.2 Å². The van der Waals surface area contributed by atoms with Gasteiger partial charge < -0.3 is 9.88 Å². The summed E-state index contributed by atoms with van der Waals surface area (Å²) in [6.07, 6.45) is 0.169. The highest BCUT2D eigenvalue weighted by molar-refractivity contribution is 5.82. The molecule has 1 unspecified atom stereocenters. The van der Waals surface area contributed by atoms with Crippen LogP contribution >= 0.6 is 0 Å². The number of aryl methyl sites for hydroxylation is 2. The molecule has 2 N–H and O–H groups in total. The van der Waals surface area contributed by atoms with Crippen molar-refractivity contribution in [3.63, 3.8) is 0 Å². The van der Waals surface area contributed by atoms with Gasteiger partial charge in [0.2, 0.25) is 5.91 Å². The Kier molecular flexibility index (Phi) is 5.59.